The van der Waals surface area contributed by atoms with Gasteiger partial charge < -0.3 is 10.5 Å². The fourth-order valence-corrected chi connectivity index (χ4v) is 1.57. The van der Waals surface area contributed by atoms with Crippen molar-refractivity contribution in [3.8, 4) is 0 Å². The van der Waals surface area contributed by atoms with Crippen molar-refractivity contribution in [1.82, 2.24) is 4.98 Å². The Bertz CT molecular complexity index is 427. The standard InChI is InChI=1S/C10H11ClF2N2O2/c1-2-17-10(16)8-7(9(12)13)5(3-14)6(11)4-15-8/h4,9H,2-3,14H2,1H3. The van der Waals surface area contributed by atoms with Gasteiger partial charge in [0.2, 0.25) is 0 Å². The molecular formula is C10H11ClF2N2O2. The van der Waals surface area contributed by atoms with E-state index in [0.29, 0.717) is 0 Å². The first-order valence-corrected chi connectivity index (χ1v) is 5.23. The van der Waals surface area contributed by atoms with Crippen LogP contribution in [0, 0.1) is 0 Å². The van der Waals surface area contributed by atoms with Gasteiger partial charge in [0.05, 0.1) is 17.2 Å². The highest BCUT2D eigenvalue weighted by Gasteiger charge is 2.25. The zero-order valence-electron chi connectivity index (χ0n) is 9.04. The molecule has 0 bridgehead atoms. The molecule has 1 heterocycles. The number of halogens is 3. The zero-order valence-corrected chi connectivity index (χ0v) is 9.80. The molecule has 4 nitrogen and oxygen atoms in total. The Kier molecular flexibility index (Phi) is 4.77. The van der Waals surface area contributed by atoms with E-state index in [-0.39, 0.29) is 23.7 Å². The van der Waals surface area contributed by atoms with E-state index in [4.69, 9.17) is 17.3 Å². The topological polar surface area (TPSA) is 65.2 Å². The molecule has 1 rings (SSSR count). The number of carbonyl (C=O) groups excluding carboxylic acids is 1. The molecule has 0 fully saturated rings. The third-order valence-electron chi connectivity index (χ3n) is 2.07. The summed E-state index contributed by atoms with van der Waals surface area (Å²) in [5.74, 6) is -0.908. The number of carbonyl (C=O) groups is 1. The molecule has 0 radical (unpaired) electrons. The second-order valence-corrected chi connectivity index (χ2v) is 3.48. The molecule has 0 aliphatic carbocycles. The molecule has 2 N–H and O–H groups in total. The Labute approximate surface area is 102 Å². The number of esters is 1. The first-order chi connectivity index (χ1) is 8.02. The second-order valence-electron chi connectivity index (χ2n) is 3.07. The molecule has 17 heavy (non-hydrogen) atoms. The lowest BCUT2D eigenvalue weighted by molar-refractivity contribution is 0.0507. The largest absolute Gasteiger partial charge is 0.461 e. The van der Waals surface area contributed by atoms with Crippen LogP contribution in [-0.2, 0) is 11.3 Å². The Morgan fingerprint density at radius 1 is 1.65 bits per heavy atom. The molecule has 0 saturated carbocycles. The van der Waals surface area contributed by atoms with Gasteiger partial charge in [-0.25, -0.2) is 18.6 Å². The van der Waals surface area contributed by atoms with E-state index in [1.165, 1.54) is 0 Å². The Morgan fingerprint density at radius 3 is 2.76 bits per heavy atom. The van der Waals surface area contributed by atoms with E-state index >= 15 is 0 Å². The number of nitrogens with zero attached hydrogens (tertiary/aromatic N) is 1. The molecule has 0 spiro atoms. The van der Waals surface area contributed by atoms with Gasteiger partial charge in [-0.1, -0.05) is 11.6 Å². The zero-order chi connectivity index (χ0) is 13.0. The Hall–Kier alpha value is -1.27. The number of nitrogens with two attached hydrogens (primary N) is 1. The predicted octanol–water partition coefficient (Wildman–Crippen LogP) is 2.31. The van der Waals surface area contributed by atoms with Gasteiger partial charge in [-0.2, -0.15) is 0 Å². The van der Waals surface area contributed by atoms with Crippen molar-refractivity contribution >= 4 is 17.6 Å². The van der Waals surface area contributed by atoms with Gasteiger partial charge in [-0.05, 0) is 12.5 Å². The van der Waals surface area contributed by atoms with Crippen LogP contribution in [0.25, 0.3) is 0 Å². The quantitative estimate of drug-likeness (QED) is 0.848. The van der Waals surface area contributed by atoms with Crippen LogP contribution in [0.1, 0.15) is 35.0 Å². The molecule has 7 heteroatoms. The average Bonchev–Trinajstić information content (AvgIpc) is 2.28. The minimum absolute atomic E-state index is 0.0100. The van der Waals surface area contributed by atoms with E-state index < -0.39 is 23.7 Å². The van der Waals surface area contributed by atoms with Crippen molar-refractivity contribution in [1.29, 1.82) is 0 Å². The number of pyridine rings is 1. The number of hydrogen-bond donors (Lipinski definition) is 1. The Morgan fingerprint density at radius 2 is 2.29 bits per heavy atom. The van der Waals surface area contributed by atoms with Crippen molar-refractivity contribution in [3.05, 3.63) is 28.0 Å². The van der Waals surface area contributed by atoms with E-state index in [1.54, 1.807) is 6.92 Å². The monoisotopic (exact) mass is 264 g/mol. The van der Waals surface area contributed by atoms with Crippen LogP contribution in [0.3, 0.4) is 0 Å². The van der Waals surface area contributed by atoms with Crippen LogP contribution >= 0.6 is 11.6 Å². The summed E-state index contributed by atoms with van der Waals surface area (Å²) in [5.41, 5.74) is 4.35. The van der Waals surface area contributed by atoms with Crippen molar-refractivity contribution in [3.63, 3.8) is 0 Å². The maximum atomic E-state index is 12.9. The highest BCUT2D eigenvalue weighted by molar-refractivity contribution is 6.31. The van der Waals surface area contributed by atoms with Crippen LogP contribution in [-0.4, -0.2) is 17.6 Å². The number of alkyl halides is 2. The lowest BCUT2D eigenvalue weighted by atomic mass is 10.1. The smallest absolute Gasteiger partial charge is 0.357 e. The minimum Gasteiger partial charge on any atom is -0.461 e. The summed E-state index contributed by atoms with van der Waals surface area (Å²) < 4.78 is 30.4. The Balaban J connectivity index is 3.35. The molecule has 0 unspecified atom stereocenters. The summed E-state index contributed by atoms with van der Waals surface area (Å²) >= 11 is 5.70. The maximum absolute atomic E-state index is 12.9. The van der Waals surface area contributed by atoms with Crippen molar-refractivity contribution < 1.29 is 18.3 Å². The SMILES string of the molecule is CCOC(=O)c1ncc(Cl)c(CN)c1C(F)F. The van der Waals surface area contributed by atoms with Gasteiger partial charge >= 0.3 is 5.97 Å². The first-order valence-electron chi connectivity index (χ1n) is 4.85. The lowest BCUT2D eigenvalue weighted by Crippen LogP contribution is -2.15. The van der Waals surface area contributed by atoms with Crippen molar-refractivity contribution in [2.24, 2.45) is 5.73 Å². The molecule has 0 saturated heterocycles. The predicted molar refractivity (Wildman–Crippen MR) is 58.1 cm³/mol. The molecule has 0 amide bonds. The number of aromatic nitrogens is 1. The number of rotatable bonds is 4. The van der Waals surface area contributed by atoms with Crippen LogP contribution in [0.5, 0.6) is 0 Å². The summed E-state index contributed by atoms with van der Waals surface area (Å²) in [6, 6.07) is 0. The second kappa shape index (κ2) is 5.88. The van der Waals surface area contributed by atoms with Crippen LogP contribution in [0.15, 0.2) is 6.20 Å². The first kappa shape index (κ1) is 13.8. The summed E-state index contributed by atoms with van der Waals surface area (Å²) in [7, 11) is 0. The van der Waals surface area contributed by atoms with Gasteiger partial charge in [0.1, 0.15) is 0 Å². The number of ether oxygens (including phenoxy) is 1. The molecule has 94 valence electrons. The highest BCUT2D eigenvalue weighted by atomic mass is 35.5. The minimum atomic E-state index is -2.89. The maximum Gasteiger partial charge on any atom is 0.357 e. The summed E-state index contributed by atoms with van der Waals surface area (Å²) in [4.78, 5) is 15.0. The van der Waals surface area contributed by atoms with Gasteiger partial charge in [0.15, 0.2) is 5.69 Å². The molecule has 1 aromatic rings. The fraction of sp³-hybridized carbons (Fsp3) is 0.400. The average molecular weight is 265 g/mol. The summed E-state index contributed by atoms with van der Waals surface area (Å²) in [5, 5.41) is 0.0100. The van der Waals surface area contributed by atoms with E-state index in [0.717, 1.165) is 6.20 Å². The third-order valence-corrected chi connectivity index (χ3v) is 2.39. The molecule has 0 atom stereocenters. The highest BCUT2D eigenvalue weighted by Crippen LogP contribution is 2.30. The summed E-state index contributed by atoms with van der Waals surface area (Å²) in [6.45, 7) is 1.44. The molecule has 0 aliphatic heterocycles. The molecule has 1 aromatic heterocycles. The lowest BCUT2D eigenvalue weighted by Gasteiger charge is -2.12. The third kappa shape index (κ3) is 2.89. The van der Waals surface area contributed by atoms with Crippen LogP contribution in [0.4, 0.5) is 8.78 Å². The molecular weight excluding hydrogens is 254 g/mol. The van der Waals surface area contributed by atoms with Gasteiger partial charge in [0, 0.05) is 12.7 Å². The number of hydrogen-bond acceptors (Lipinski definition) is 4. The normalized spacial score (nSPS) is 10.7. The van der Waals surface area contributed by atoms with Crippen molar-refractivity contribution in [2.45, 2.75) is 19.9 Å². The van der Waals surface area contributed by atoms with Crippen LogP contribution in [0.2, 0.25) is 5.02 Å². The van der Waals surface area contributed by atoms with E-state index in [1.807, 2.05) is 0 Å². The van der Waals surface area contributed by atoms with Gasteiger partial charge in [-0.15, -0.1) is 0 Å². The van der Waals surface area contributed by atoms with Gasteiger partial charge in [-0.3, -0.25) is 0 Å². The van der Waals surface area contributed by atoms with Crippen molar-refractivity contribution in [2.75, 3.05) is 6.61 Å². The molecule has 0 aromatic carbocycles. The van der Waals surface area contributed by atoms with Gasteiger partial charge in [0.25, 0.3) is 6.43 Å². The van der Waals surface area contributed by atoms with E-state index in [2.05, 4.69) is 9.72 Å². The fourth-order valence-electron chi connectivity index (χ4n) is 1.34. The summed E-state index contributed by atoms with van der Waals surface area (Å²) in [6.07, 6.45) is -1.78. The van der Waals surface area contributed by atoms with E-state index in [9.17, 15) is 13.6 Å². The van der Waals surface area contributed by atoms with Crippen LogP contribution < -0.4 is 5.73 Å². The molecule has 0 aliphatic rings.